The van der Waals surface area contributed by atoms with E-state index < -0.39 is 13.0 Å². The molecule has 0 N–H and O–H groups in total. The van der Waals surface area contributed by atoms with Crippen LogP contribution >= 0.6 is 0 Å². The summed E-state index contributed by atoms with van der Waals surface area (Å²) in [5.74, 6) is 0.753. The van der Waals surface area contributed by atoms with Crippen LogP contribution in [0.2, 0.25) is 0 Å². The van der Waals surface area contributed by atoms with E-state index in [1.807, 2.05) is 13.2 Å². The molecule has 0 aliphatic carbocycles. The molecule has 0 aliphatic heterocycles. The van der Waals surface area contributed by atoms with E-state index in [2.05, 4.69) is 20.2 Å². The summed E-state index contributed by atoms with van der Waals surface area (Å²) in [7, 11) is 1.84. The van der Waals surface area contributed by atoms with Crippen LogP contribution in [0.3, 0.4) is 0 Å². The predicted molar refractivity (Wildman–Crippen MR) is 79.6 cm³/mol. The van der Waals surface area contributed by atoms with Crippen LogP contribution in [0, 0.1) is 0 Å². The quantitative estimate of drug-likeness (QED) is 0.659. The van der Waals surface area contributed by atoms with E-state index in [1.165, 1.54) is 6.20 Å². The van der Waals surface area contributed by atoms with Gasteiger partial charge in [-0.05, 0) is 24.1 Å². The van der Waals surface area contributed by atoms with Gasteiger partial charge in [0, 0.05) is 25.9 Å². The van der Waals surface area contributed by atoms with E-state index in [9.17, 15) is 8.78 Å². The van der Waals surface area contributed by atoms with Gasteiger partial charge in [0.05, 0.1) is 11.8 Å². The van der Waals surface area contributed by atoms with Crippen molar-refractivity contribution in [3.63, 3.8) is 0 Å². The predicted octanol–water partition coefficient (Wildman–Crippen LogP) is 2.29. The summed E-state index contributed by atoms with van der Waals surface area (Å²) in [5.41, 5.74) is 1.47. The molecule has 0 spiro atoms. The molecule has 0 aromatic carbocycles. The van der Waals surface area contributed by atoms with Gasteiger partial charge in [0.1, 0.15) is 0 Å². The number of aromatic nitrogens is 5. The molecule has 0 atom stereocenters. The number of alkyl halides is 2. The number of ether oxygens (including phenoxy) is 1. The van der Waals surface area contributed by atoms with Gasteiger partial charge in [0.2, 0.25) is 17.6 Å². The Hall–Kier alpha value is -2.84. The zero-order valence-electron chi connectivity index (χ0n) is 12.9. The first-order valence-corrected chi connectivity index (χ1v) is 7.28. The number of hydrogen-bond acceptors (Lipinski definition) is 6. The highest BCUT2D eigenvalue weighted by Gasteiger charge is 2.16. The topological polar surface area (TPSA) is 78.9 Å². The normalized spacial score (nSPS) is 11.2. The maximum absolute atomic E-state index is 12.3. The van der Waals surface area contributed by atoms with Gasteiger partial charge in [0.25, 0.3) is 6.43 Å². The van der Waals surface area contributed by atoms with Crippen LogP contribution in [0.5, 0.6) is 5.88 Å². The summed E-state index contributed by atoms with van der Waals surface area (Å²) in [6, 6.07) is 3.29. The number of hydrogen-bond donors (Lipinski definition) is 0. The SMILES string of the molecule is Cn1cc(CCc2nc(-c3cccnc3OCC(F)F)no2)cn1. The van der Waals surface area contributed by atoms with Crippen LogP contribution in [0.15, 0.2) is 35.2 Å². The Morgan fingerprint density at radius 3 is 2.96 bits per heavy atom. The van der Waals surface area contributed by atoms with Gasteiger partial charge in [-0.15, -0.1) is 0 Å². The van der Waals surface area contributed by atoms with E-state index in [0.717, 1.165) is 5.56 Å². The van der Waals surface area contributed by atoms with Crippen molar-refractivity contribution in [2.75, 3.05) is 6.61 Å². The molecule has 0 fully saturated rings. The second-order valence-electron chi connectivity index (χ2n) is 5.09. The molecule has 7 nitrogen and oxygen atoms in total. The lowest BCUT2D eigenvalue weighted by Gasteiger charge is -2.06. The summed E-state index contributed by atoms with van der Waals surface area (Å²) < 4.78 is 36.6. The van der Waals surface area contributed by atoms with Crippen molar-refractivity contribution in [2.45, 2.75) is 19.3 Å². The molecule has 0 radical (unpaired) electrons. The standard InChI is InChI=1S/C15H15F2N5O2/c1-22-8-10(7-19-22)4-5-13-20-14(21-24-13)11-3-2-6-18-15(11)23-9-12(16)17/h2-3,6-8,12H,4-5,9H2,1H3. The Labute approximate surface area is 136 Å². The second-order valence-corrected chi connectivity index (χ2v) is 5.09. The highest BCUT2D eigenvalue weighted by molar-refractivity contribution is 5.60. The highest BCUT2D eigenvalue weighted by atomic mass is 19.3. The molecule has 0 aliphatic rings. The lowest BCUT2D eigenvalue weighted by Crippen LogP contribution is -2.08. The average molecular weight is 335 g/mol. The fourth-order valence-corrected chi connectivity index (χ4v) is 2.14. The van der Waals surface area contributed by atoms with Gasteiger partial charge in [-0.2, -0.15) is 10.1 Å². The van der Waals surface area contributed by atoms with E-state index >= 15 is 0 Å². The Morgan fingerprint density at radius 1 is 1.33 bits per heavy atom. The molecule has 0 bridgehead atoms. The lowest BCUT2D eigenvalue weighted by molar-refractivity contribution is 0.0799. The van der Waals surface area contributed by atoms with Crippen LogP contribution in [0.25, 0.3) is 11.4 Å². The summed E-state index contributed by atoms with van der Waals surface area (Å²) in [6.07, 6.45) is 3.81. The average Bonchev–Trinajstić information content (AvgIpc) is 3.20. The minimum Gasteiger partial charge on any atom is -0.471 e. The molecule has 126 valence electrons. The van der Waals surface area contributed by atoms with Gasteiger partial charge < -0.3 is 9.26 Å². The summed E-state index contributed by atoms with van der Waals surface area (Å²) in [6.45, 7) is -0.740. The van der Waals surface area contributed by atoms with Gasteiger partial charge in [-0.25, -0.2) is 13.8 Å². The maximum atomic E-state index is 12.3. The third-order valence-corrected chi connectivity index (χ3v) is 3.21. The monoisotopic (exact) mass is 335 g/mol. The first kappa shape index (κ1) is 16.0. The van der Waals surface area contributed by atoms with Crippen molar-refractivity contribution in [1.82, 2.24) is 24.9 Å². The molecular formula is C15H15F2N5O2. The fourth-order valence-electron chi connectivity index (χ4n) is 2.14. The minimum absolute atomic E-state index is 0.0532. The molecule has 24 heavy (non-hydrogen) atoms. The first-order chi connectivity index (χ1) is 11.6. The summed E-state index contributed by atoms with van der Waals surface area (Å²) in [4.78, 5) is 8.22. The van der Waals surface area contributed by atoms with Crippen LogP contribution in [-0.4, -0.2) is 37.9 Å². The van der Waals surface area contributed by atoms with Gasteiger partial charge in [0.15, 0.2) is 6.61 Å². The molecule has 0 unspecified atom stereocenters. The minimum atomic E-state index is -2.58. The van der Waals surface area contributed by atoms with Crippen molar-refractivity contribution in [1.29, 1.82) is 0 Å². The molecule has 3 rings (SSSR count). The van der Waals surface area contributed by atoms with Crippen LogP contribution < -0.4 is 4.74 Å². The van der Waals surface area contributed by atoms with Gasteiger partial charge in [-0.3, -0.25) is 4.68 Å². The molecule has 0 saturated carbocycles. The summed E-state index contributed by atoms with van der Waals surface area (Å²) in [5, 5.41) is 7.97. The van der Waals surface area contributed by atoms with Crippen molar-refractivity contribution < 1.29 is 18.0 Å². The lowest BCUT2D eigenvalue weighted by atomic mass is 10.2. The van der Waals surface area contributed by atoms with Crippen molar-refractivity contribution >= 4 is 0 Å². The molecule has 3 aromatic heterocycles. The highest BCUT2D eigenvalue weighted by Crippen LogP contribution is 2.25. The number of pyridine rings is 1. The Kier molecular flexibility index (Phi) is 4.78. The summed E-state index contributed by atoms with van der Waals surface area (Å²) >= 11 is 0. The van der Waals surface area contributed by atoms with E-state index in [1.54, 1.807) is 23.0 Å². The van der Waals surface area contributed by atoms with Crippen molar-refractivity contribution in [3.8, 4) is 17.3 Å². The molecule has 9 heteroatoms. The Morgan fingerprint density at radius 2 is 2.21 bits per heavy atom. The first-order valence-electron chi connectivity index (χ1n) is 7.28. The van der Waals surface area contributed by atoms with Crippen LogP contribution in [0.4, 0.5) is 8.78 Å². The van der Waals surface area contributed by atoms with Crippen molar-refractivity contribution in [2.24, 2.45) is 7.05 Å². The zero-order chi connectivity index (χ0) is 16.9. The number of halogens is 2. The van der Waals surface area contributed by atoms with E-state index in [4.69, 9.17) is 9.26 Å². The smallest absolute Gasteiger partial charge is 0.272 e. The molecule has 3 aromatic rings. The van der Waals surface area contributed by atoms with E-state index in [0.29, 0.717) is 24.3 Å². The number of aryl methyl sites for hydroxylation is 3. The van der Waals surface area contributed by atoms with Crippen molar-refractivity contribution in [3.05, 3.63) is 42.2 Å². The molecule has 0 amide bonds. The maximum Gasteiger partial charge on any atom is 0.272 e. The third kappa shape index (κ3) is 3.92. The van der Waals surface area contributed by atoms with Crippen LogP contribution in [-0.2, 0) is 19.9 Å². The zero-order valence-corrected chi connectivity index (χ0v) is 12.9. The molecule has 0 saturated heterocycles. The third-order valence-electron chi connectivity index (χ3n) is 3.21. The number of nitrogens with zero attached hydrogens (tertiary/aromatic N) is 5. The second kappa shape index (κ2) is 7.16. The molecular weight excluding hydrogens is 320 g/mol. The Bertz CT molecular complexity index is 803. The van der Waals surface area contributed by atoms with E-state index in [-0.39, 0.29) is 11.7 Å². The largest absolute Gasteiger partial charge is 0.471 e. The fraction of sp³-hybridized carbons (Fsp3) is 0.333. The molecule has 3 heterocycles. The van der Waals surface area contributed by atoms with Gasteiger partial charge >= 0.3 is 0 Å². The Balaban J connectivity index is 1.71. The van der Waals surface area contributed by atoms with Crippen LogP contribution in [0.1, 0.15) is 11.5 Å². The number of rotatable bonds is 7. The van der Waals surface area contributed by atoms with Gasteiger partial charge in [-0.1, -0.05) is 5.16 Å².